The zero-order valence-corrected chi connectivity index (χ0v) is 79.3. The molecule has 3 saturated heterocycles. The van der Waals surface area contributed by atoms with E-state index in [1.54, 1.807) is 67.8 Å². The second-order valence-corrected chi connectivity index (χ2v) is 36.4. The van der Waals surface area contributed by atoms with Crippen molar-refractivity contribution in [1.29, 1.82) is 0 Å². The van der Waals surface area contributed by atoms with Crippen LogP contribution in [0.4, 0.5) is 0 Å². The van der Waals surface area contributed by atoms with Gasteiger partial charge in [-0.15, -0.1) is 0 Å². The lowest BCUT2D eigenvalue weighted by atomic mass is 9.72. The van der Waals surface area contributed by atoms with Crippen LogP contribution in [-0.2, 0) is 114 Å². The van der Waals surface area contributed by atoms with Crippen LogP contribution in [0.15, 0.2) is 109 Å². The zero-order chi connectivity index (χ0) is 102. The number of aliphatic hydroxyl groups excluding tert-OH is 1. The van der Waals surface area contributed by atoms with Gasteiger partial charge in [0.15, 0.2) is 18.7 Å². The average Bonchev–Trinajstić information content (AvgIpc) is 1.49. The Morgan fingerprint density at radius 3 is 1.77 bits per heavy atom. The second kappa shape index (κ2) is 48.4. The van der Waals surface area contributed by atoms with Crippen LogP contribution in [-0.4, -0.2) is 285 Å². The van der Waals surface area contributed by atoms with Gasteiger partial charge in [-0.1, -0.05) is 73.5 Å². The van der Waals surface area contributed by atoms with Crippen molar-refractivity contribution in [1.82, 2.24) is 93.3 Å². The van der Waals surface area contributed by atoms with Gasteiger partial charge in [-0.2, -0.15) is 0 Å². The Balaban J connectivity index is 0.722. The summed E-state index contributed by atoms with van der Waals surface area (Å²) in [6.07, 6.45) is 3.82. The van der Waals surface area contributed by atoms with Gasteiger partial charge in [0, 0.05) is 158 Å². The van der Waals surface area contributed by atoms with Gasteiger partial charge < -0.3 is 139 Å². The van der Waals surface area contributed by atoms with Crippen LogP contribution < -0.4 is 74.7 Å². The zero-order valence-electron chi connectivity index (χ0n) is 79.3. The number of H-pyrrole nitrogens is 4. The summed E-state index contributed by atoms with van der Waals surface area (Å²) in [4.78, 5) is 254. The summed E-state index contributed by atoms with van der Waals surface area (Å²) in [5, 5.41) is 92.9. The number of aliphatic hydroxyl groups is 2. The van der Waals surface area contributed by atoms with Crippen molar-refractivity contribution in [2.24, 2.45) is 16.6 Å². The maximum Gasteiger partial charge on any atom is 0.305 e. The number of phenolic OH excluding ortho intramolecular Hbond substituents is 2. The number of carbonyl (C=O) groups is 16. The largest absolute Gasteiger partial charge is 0.507 e. The number of hydrogen-bond acceptors (Lipinski definition) is 28. The fraction of sp³-hybridized carbons (Fsp3) is 0.474. The third-order valence-corrected chi connectivity index (χ3v) is 26.2. The highest BCUT2D eigenvalue weighted by Gasteiger charge is 2.51. The quantitative estimate of drug-likeness (QED) is 0.0104. The molecule has 3 aliphatic heterocycles. The van der Waals surface area contributed by atoms with E-state index in [9.17, 15) is 73.5 Å². The number of oxime groups is 1. The molecule has 7 heterocycles. The predicted octanol–water partition coefficient (Wildman–Crippen LogP) is 0.105. The average molecular weight is 1980 g/mol. The van der Waals surface area contributed by atoms with E-state index in [4.69, 9.17) is 30.5 Å². The normalized spacial score (nSPS) is 20.1. The molecule has 0 bridgehead atoms. The van der Waals surface area contributed by atoms with Crippen LogP contribution in [0.5, 0.6) is 17.2 Å². The molecule has 5 aliphatic rings. The molecule has 3 fully saturated rings. The maximum atomic E-state index is 15.5. The molecule has 0 spiro atoms. The van der Waals surface area contributed by atoms with Crippen molar-refractivity contribution in [2.45, 2.75) is 253 Å². The number of benzene rings is 4. The van der Waals surface area contributed by atoms with Gasteiger partial charge in [0.1, 0.15) is 77.2 Å². The number of fused-ring (bicyclic) bond motifs is 5. The van der Waals surface area contributed by atoms with E-state index in [-0.39, 0.29) is 167 Å². The number of hydrogen-bond donors (Lipinski definition) is 22. The van der Waals surface area contributed by atoms with E-state index >= 15 is 28.8 Å². The third kappa shape index (κ3) is 26.4. The smallest absolute Gasteiger partial charge is 0.305 e. The van der Waals surface area contributed by atoms with Crippen molar-refractivity contribution >= 4 is 122 Å². The summed E-state index contributed by atoms with van der Waals surface area (Å²) in [5.41, 5.74) is 10.4. The second-order valence-electron chi connectivity index (χ2n) is 36.4. The van der Waals surface area contributed by atoms with E-state index in [0.29, 0.717) is 45.0 Å². The first-order chi connectivity index (χ1) is 68.6. The number of primary amides is 1. The van der Waals surface area contributed by atoms with E-state index < -0.39 is 235 Å². The predicted molar refractivity (Wildman–Crippen MR) is 509 cm³/mol. The monoisotopic (exact) mass is 1980 g/mol. The van der Waals surface area contributed by atoms with Crippen LogP contribution in [0.3, 0.4) is 0 Å². The molecule has 2 aliphatic carbocycles. The summed E-state index contributed by atoms with van der Waals surface area (Å²) in [7, 11) is 1.29. The Hall–Kier alpha value is -15.0. The molecule has 15 atom stereocenters. The van der Waals surface area contributed by atoms with Crippen molar-refractivity contribution in [2.75, 3.05) is 39.9 Å². The molecular formula is C97H121N21O25. The van der Waals surface area contributed by atoms with Crippen LogP contribution in [0, 0.1) is 0 Å². The topological polar surface area (TPSA) is 700 Å². The highest BCUT2D eigenvalue weighted by atomic mass is 16.7. The summed E-state index contributed by atoms with van der Waals surface area (Å²) < 4.78 is 17.8. The van der Waals surface area contributed by atoms with E-state index in [0.717, 1.165) is 12.8 Å². The van der Waals surface area contributed by atoms with Gasteiger partial charge in [0.05, 0.1) is 73.4 Å². The molecular weight excluding hydrogens is 1860 g/mol. The van der Waals surface area contributed by atoms with E-state index in [1.807, 2.05) is 6.92 Å². The number of carboxylic acids is 1. The number of aromatic hydroxyl groups is 2. The number of nitrogens with one attached hydrogen (secondary N) is 15. The fourth-order valence-electron chi connectivity index (χ4n) is 18.5. The first kappa shape index (κ1) is 105. The molecule has 4 aromatic heterocycles. The molecule has 143 heavy (non-hydrogen) atoms. The number of rotatable bonds is 49. The Kier molecular flexibility index (Phi) is 35.7. The minimum Gasteiger partial charge on any atom is -0.507 e. The number of aromatic amines is 4. The standard InChI is InChI=1S/C97H121N21O25/c1-5-6-7-27-74(120)102-30-14-12-23-62(110-90(132)65(33-51-41-104-60-21-10-8-18-55(51)60)112-92(134)67(35-53-43-100-47-107-53)115-89(131)63-28-29-75(121)109-63)88(130)114-68(36-54-44-101-48-108-54)93(135)116-69(38-77(123)124)94(136)113-66(34-52-42-105-61-22-11-9-19-56(52)61)91(133)111-64(96(138)118-32-17-25-70(118)95(137)106-45-73(99)119)24-13-15-31-103-76(122)46-141-117-50(3)97(139)39-58-80(72(40-97)143-78-37-59(98)83(125)49(2)142-78)87(129)82-81(85(58)127)84(126)57-20-16-26-71(140-4)79(57)86(82)128/h8-11,16,18-22,26,41-44,47-49,59,62-70,72,78,83,104-105,125,127,129,139H,5-7,12-15,17,23-25,27-40,45-46,98H2,1-4H3,(H2,99,119)(H,100,107)(H,101,108)(H,102,120)(H,103,122)(H,106,137)(H,109,121)(H,110,132)(H,111,133)(H,112,134)(H,113,136)(H,114,130)(H,115,131)(H,116,135)(H,123,124)/b117-50+/t49-,59-,62-,63-,64-,65-,66-,67-,68-,69-,70-,72-,78-,83+,97-/m0/s1. The van der Waals surface area contributed by atoms with Gasteiger partial charge in [-0.3, -0.25) is 76.7 Å². The van der Waals surface area contributed by atoms with Gasteiger partial charge >= 0.3 is 5.97 Å². The van der Waals surface area contributed by atoms with Crippen molar-refractivity contribution in [3.8, 4) is 17.2 Å². The van der Waals surface area contributed by atoms with Crippen molar-refractivity contribution < 1.29 is 121 Å². The number of unbranched alkanes of at least 4 members (excludes halogenated alkanes) is 4. The minimum absolute atomic E-state index is 0.0194. The first-order valence-corrected chi connectivity index (χ1v) is 47.7. The number of carboxylic acid groups (broad SMARTS) is 1. The number of ketones is 2. The lowest BCUT2D eigenvalue weighted by molar-refractivity contribution is -0.245. The number of nitrogens with two attached hydrogens (primary N) is 2. The van der Waals surface area contributed by atoms with Crippen LogP contribution >= 0.6 is 0 Å². The molecule has 4 aromatic carbocycles. The van der Waals surface area contributed by atoms with Gasteiger partial charge in [0.25, 0.3) is 5.91 Å². The van der Waals surface area contributed by atoms with Crippen LogP contribution in [0.2, 0.25) is 0 Å². The maximum absolute atomic E-state index is 15.5. The summed E-state index contributed by atoms with van der Waals surface area (Å²) >= 11 is 0. The molecule has 8 aromatic rings. The molecule has 0 unspecified atom stereocenters. The number of ether oxygens (including phenoxy) is 3. The number of aromatic nitrogens is 6. The molecule has 24 N–H and O–H groups in total. The summed E-state index contributed by atoms with van der Waals surface area (Å²) in [5.74, 6) is -15.5. The molecule has 0 saturated carbocycles. The number of imidazole rings is 2. The first-order valence-electron chi connectivity index (χ1n) is 47.7. The SMILES string of the molecule is CCCCCC(=O)NCCCC[C@H](NC(=O)[C@H](Cc1c[nH]c2ccccc12)NC(=O)[C@H](Cc1cnc[nH]1)NC(=O)[C@@H]1CCC(=O)N1)C(=O)N[C@@H](Cc1cnc[nH]1)C(=O)N[C@@H](CC(=O)O)C(=O)N[C@@H](Cc1c[nH]c2ccccc12)C(=O)N[C@@H](CCCCNC(=O)CO/N=C(\C)[C@]1(O)Cc2c(O)c3c(c(O)c2[C@@H](O[C@H]2C[C@H](N)[C@H](O)[C@H](C)O2)C1)C(=O)c1c(OC)cccc1C3=O)C(=O)N1CCC[C@H]1C(=O)NCC(N)=O. The van der Waals surface area contributed by atoms with Gasteiger partial charge in [0.2, 0.25) is 76.7 Å². The summed E-state index contributed by atoms with van der Waals surface area (Å²) in [6, 6.07) is 3.64. The van der Waals surface area contributed by atoms with Crippen LogP contribution in [0.1, 0.15) is 202 Å². The molecule has 13 amide bonds. The lowest BCUT2D eigenvalue weighted by Crippen LogP contribution is -2.61. The third-order valence-electron chi connectivity index (χ3n) is 26.2. The highest BCUT2D eigenvalue weighted by Crippen LogP contribution is 2.53. The number of para-hydroxylation sites is 2. The van der Waals surface area contributed by atoms with Gasteiger partial charge in [-0.25, -0.2) is 9.97 Å². The van der Waals surface area contributed by atoms with E-state index in [2.05, 4.69) is 93.5 Å². The lowest BCUT2D eigenvalue weighted by Gasteiger charge is -2.42. The molecule has 764 valence electrons. The fourth-order valence-corrected chi connectivity index (χ4v) is 18.5. The Labute approximate surface area is 819 Å². The number of nitrogens with zero attached hydrogens (tertiary/aromatic N) is 4. The number of phenols is 2. The number of methoxy groups -OCH3 is 1. The number of likely N-dealkylation sites (tertiary alicyclic amines) is 1. The number of aliphatic carboxylic acids is 1. The number of amides is 13. The number of carbonyl (C=O) groups excluding carboxylic acids is 15. The molecule has 46 nitrogen and oxygen atoms in total. The Bertz CT molecular complexity index is 6050. The van der Waals surface area contributed by atoms with E-state index in [1.165, 1.54) is 62.2 Å². The molecule has 46 heteroatoms. The highest BCUT2D eigenvalue weighted by molar-refractivity contribution is 6.31. The van der Waals surface area contributed by atoms with Crippen molar-refractivity contribution in [3.63, 3.8) is 0 Å². The Morgan fingerprint density at radius 2 is 1.20 bits per heavy atom. The summed E-state index contributed by atoms with van der Waals surface area (Å²) in [6.45, 7) is 3.55. The molecule has 0 radical (unpaired) electrons. The molecule has 13 rings (SSSR count). The van der Waals surface area contributed by atoms with Gasteiger partial charge in [-0.05, 0) is 107 Å². The minimum atomic E-state index is -2.16. The Morgan fingerprint density at radius 1 is 0.636 bits per heavy atom. The van der Waals surface area contributed by atoms with Crippen molar-refractivity contribution in [3.05, 3.63) is 160 Å². The van der Waals surface area contributed by atoms with Crippen LogP contribution in [0.25, 0.3) is 21.8 Å².